The molecule has 1 aliphatic rings. The van der Waals surface area contributed by atoms with Gasteiger partial charge in [-0.25, -0.2) is 0 Å². The van der Waals surface area contributed by atoms with E-state index in [1.54, 1.807) is 0 Å². The summed E-state index contributed by atoms with van der Waals surface area (Å²) in [5, 5.41) is 11.2. The van der Waals surface area contributed by atoms with Crippen LogP contribution in [0.25, 0.3) is 0 Å². The van der Waals surface area contributed by atoms with Crippen LogP contribution in [0.15, 0.2) is 36.4 Å². The quantitative estimate of drug-likeness (QED) is 0.776. The molecule has 1 heterocycles. The van der Waals surface area contributed by atoms with E-state index in [0.29, 0.717) is 5.75 Å². The maximum absolute atomic E-state index is 11.2. The number of benzene rings is 2. The molecule has 4 heteroatoms. The van der Waals surface area contributed by atoms with Gasteiger partial charge in [0.2, 0.25) is 0 Å². The van der Waals surface area contributed by atoms with E-state index in [0.717, 1.165) is 37.4 Å². The third-order valence-electron chi connectivity index (χ3n) is 6.37. The molecular formula is C27H41N2O2+. The maximum atomic E-state index is 11.2. The van der Waals surface area contributed by atoms with Crippen molar-refractivity contribution >= 4 is 5.69 Å². The van der Waals surface area contributed by atoms with Crippen molar-refractivity contribution in [3.05, 3.63) is 58.7 Å². The number of nitrogens with one attached hydrogen (secondary N) is 1. The number of quaternary nitrogens is 1. The summed E-state index contributed by atoms with van der Waals surface area (Å²) in [5.41, 5.74) is 5.57. The second kappa shape index (κ2) is 8.84. The summed E-state index contributed by atoms with van der Waals surface area (Å²) in [4.78, 5) is 3.66. The molecular weight excluding hydrogens is 384 g/mol. The smallest absolute Gasteiger partial charge is 0.139 e. The molecule has 2 aromatic carbocycles. The van der Waals surface area contributed by atoms with Gasteiger partial charge in [0.05, 0.1) is 13.2 Å². The summed E-state index contributed by atoms with van der Waals surface area (Å²) in [5.74, 6) is 0.447. The fraction of sp³-hybridized carbons (Fsp3) is 0.556. The van der Waals surface area contributed by atoms with Crippen LogP contribution in [0.3, 0.4) is 0 Å². The molecule has 0 aliphatic carbocycles. The first-order chi connectivity index (χ1) is 14.4. The molecule has 1 saturated heterocycles. The monoisotopic (exact) mass is 425 g/mol. The van der Waals surface area contributed by atoms with Gasteiger partial charge in [0.25, 0.3) is 0 Å². The van der Waals surface area contributed by atoms with Gasteiger partial charge in [0.15, 0.2) is 0 Å². The van der Waals surface area contributed by atoms with Crippen molar-refractivity contribution in [1.82, 2.24) is 0 Å². The molecule has 2 aromatic rings. The minimum absolute atomic E-state index is 0.139. The summed E-state index contributed by atoms with van der Waals surface area (Å²) >= 11 is 0. The molecule has 0 aromatic heterocycles. The van der Waals surface area contributed by atoms with Crippen LogP contribution >= 0.6 is 0 Å². The van der Waals surface area contributed by atoms with E-state index in [1.807, 2.05) is 0 Å². The number of rotatable bonds is 4. The van der Waals surface area contributed by atoms with Crippen molar-refractivity contribution in [2.24, 2.45) is 0 Å². The first kappa shape index (κ1) is 23.6. The fourth-order valence-electron chi connectivity index (χ4n) is 4.52. The highest BCUT2D eigenvalue weighted by Gasteiger charge is 2.33. The standard InChI is InChI=1S/C27H40N2O2/c1-26(2,3)22-17-20(18-23(25(22)30)27(4,5)6)24(29-13-15-31-16-14-29)19-9-11-21(12-10-19)28(7)8/h9-12,17-18,24,30H,13-16H2,1-8H3/p+1. The van der Waals surface area contributed by atoms with Gasteiger partial charge in [0.1, 0.15) is 24.9 Å². The zero-order valence-electron chi connectivity index (χ0n) is 20.7. The van der Waals surface area contributed by atoms with Crippen molar-refractivity contribution in [3.63, 3.8) is 0 Å². The predicted octanol–water partition coefficient (Wildman–Crippen LogP) is 4.06. The van der Waals surface area contributed by atoms with Crippen LogP contribution in [-0.4, -0.2) is 45.5 Å². The number of anilines is 1. The van der Waals surface area contributed by atoms with Gasteiger partial charge in [-0.05, 0) is 35.1 Å². The van der Waals surface area contributed by atoms with Gasteiger partial charge in [-0.2, -0.15) is 0 Å². The number of morpholine rings is 1. The molecule has 4 nitrogen and oxygen atoms in total. The normalized spacial score (nSPS) is 16.9. The van der Waals surface area contributed by atoms with Crippen molar-refractivity contribution in [1.29, 1.82) is 0 Å². The van der Waals surface area contributed by atoms with Crippen LogP contribution in [0.1, 0.15) is 69.8 Å². The van der Waals surface area contributed by atoms with Gasteiger partial charge in [-0.3, -0.25) is 0 Å². The molecule has 0 amide bonds. The average molecular weight is 426 g/mol. The molecule has 31 heavy (non-hydrogen) atoms. The molecule has 2 N–H and O–H groups in total. The molecule has 3 rings (SSSR count). The summed E-state index contributed by atoms with van der Waals surface area (Å²) in [6, 6.07) is 13.7. The number of hydrogen-bond acceptors (Lipinski definition) is 3. The predicted molar refractivity (Wildman–Crippen MR) is 130 cm³/mol. The van der Waals surface area contributed by atoms with E-state index in [2.05, 4.69) is 96.9 Å². The third-order valence-corrected chi connectivity index (χ3v) is 6.37. The Morgan fingerprint density at radius 2 is 1.32 bits per heavy atom. The minimum atomic E-state index is -0.139. The summed E-state index contributed by atoms with van der Waals surface area (Å²) in [7, 11) is 4.15. The van der Waals surface area contributed by atoms with E-state index in [9.17, 15) is 5.11 Å². The lowest BCUT2D eigenvalue weighted by molar-refractivity contribution is -0.933. The fourth-order valence-corrected chi connectivity index (χ4v) is 4.52. The Morgan fingerprint density at radius 1 is 0.839 bits per heavy atom. The highest BCUT2D eigenvalue weighted by Crippen LogP contribution is 2.41. The number of phenolic OH excluding ortho intramolecular Hbond substituents is 1. The average Bonchev–Trinajstić information content (AvgIpc) is 2.68. The molecule has 0 bridgehead atoms. The van der Waals surface area contributed by atoms with Gasteiger partial charge < -0.3 is 19.6 Å². The third kappa shape index (κ3) is 5.24. The molecule has 1 unspecified atom stereocenters. The highest BCUT2D eigenvalue weighted by atomic mass is 16.5. The lowest BCUT2D eigenvalue weighted by Gasteiger charge is -2.35. The summed E-state index contributed by atoms with van der Waals surface area (Å²) in [6.45, 7) is 16.6. The molecule has 1 aliphatic heterocycles. The second-order valence-corrected chi connectivity index (χ2v) is 11.2. The summed E-state index contributed by atoms with van der Waals surface area (Å²) in [6.07, 6.45) is 0. The molecule has 1 fully saturated rings. The molecule has 170 valence electrons. The zero-order valence-corrected chi connectivity index (χ0v) is 20.7. The van der Waals surface area contributed by atoms with E-state index >= 15 is 0 Å². The molecule has 0 spiro atoms. The zero-order chi connectivity index (χ0) is 23.0. The first-order valence-electron chi connectivity index (χ1n) is 11.5. The second-order valence-electron chi connectivity index (χ2n) is 11.2. The van der Waals surface area contributed by atoms with Crippen LogP contribution < -0.4 is 9.80 Å². The number of nitrogens with zero attached hydrogens (tertiary/aromatic N) is 1. The van der Waals surface area contributed by atoms with Crippen LogP contribution in [0.4, 0.5) is 5.69 Å². The van der Waals surface area contributed by atoms with Crippen molar-refractivity contribution in [3.8, 4) is 5.75 Å². The van der Waals surface area contributed by atoms with Gasteiger partial charge >= 0.3 is 0 Å². The molecule has 0 radical (unpaired) electrons. The van der Waals surface area contributed by atoms with Gasteiger partial charge in [0, 0.05) is 42.0 Å². The van der Waals surface area contributed by atoms with E-state index in [4.69, 9.17) is 4.74 Å². The van der Waals surface area contributed by atoms with Crippen molar-refractivity contribution in [2.75, 3.05) is 45.3 Å². The largest absolute Gasteiger partial charge is 0.507 e. The van der Waals surface area contributed by atoms with E-state index in [-0.39, 0.29) is 16.9 Å². The van der Waals surface area contributed by atoms with Crippen LogP contribution in [0.2, 0.25) is 0 Å². The topological polar surface area (TPSA) is 37.1 Å². The Kier molecular flexibility index (Phi) is 6.73. The van der Waals surface area contributed by atoms with Crippen LogP contribution in [0.5, 0.6) is 5.75 Å². The lowest BCUT2D eigenvalue weighted by Crippen LogP contribution is -3.14. The highest BCUT2D eigenvalue weighted by molar-refractivity contribution is 5.52. The minimum Gasteiger partial charge on any atom is -0.507 e. The van der Waals surface area contributed by atoms with Gasteiger partial charge in [-0.15, -0.1) is 0 Å². The maximum Gasteiger partial charge on any atom is 0.139 e. The van der Waals surface area contributed by atoms with Gasteiger partial charge in [-0.1, -0.05) is 53.7 Å². The Bertz CT molecular complexity index is 848. The Morgan fingerprint density at radius 3 is 1.74 bits per heavy atom. The number of phenols is 1. The Labute approximate surface area is 188 Å². The number of aromatic hydroxyl groups is 1. The van der Waals surface area contributed by atoms with E-state index < -0.39 is 0 Å². The number of ether oxygens (including phenoxy) is 1. The van der Waals surface area contributed by atoms with Crippen molar-refractivity contribution < 1.29 is 14.7 Å². The summed E-state index contributed by atoms with van der Waals surface area (Å²) < 4.78 is 5.68. The SMILES string of the molecule is CN(C)c1ccc(C(c2cc(C(C)(C)C)c(O)c(C(C)(C)C)c2)[NH+]2CCOCC2)cc1. The van der Waals surface area contributed by atoms with Crippen LogP contribution in [0, 0.1) is 0 Å². The van der Waals surface area contributed by atoms with Crippen molar-refractivity contribution in [2.45, 2.75) is 58.4 Å². The molecule has 1 atom stereocenters. The van der Waals surface area contributed by atoms with E-state index in [1.165, 1.54) is 21.7 Å². The van der Waals surface area contributed by atoms with Crippen LogP contribution in [-0.2, 0) is 15.6 Å². The lowest BCUT2D eigenvalue weighted by atomic mass is 9.77. The first-order valence-corrected chi connectivity index (χ1v) is 11.5. The Balaban J connectivity index is 2.20. The number of hydrogen-bond donors (Lipinski definition) is 2. The molecule has 0 saturated carbocycles. The Hall–Kier alpha value is -2.04.